The summed E-state index contributed by atoms with van der Waals surface area (Å²) < 4.78 is 41.7. The minimum atomic E-state index is -3.37. The van der Waals surface area contributed by atoms with Gasteiger partial charge in [0.2, 0.25) is 21.7 Å². The van der Waals surface area contributed by atoms with Crippen molar-refractivity contribution in [3.05, 3.63) is 24.1 Å². The lowest BCUT2D eigenvalue weighted by atomic mass is 10.2. The second kappa shape index (κ2) is 7.63. The Bertz CT molecular complexity index is 788. The van der Waals surface area contributed by atoms with Gasteiger partial charge in [-0.15, -0.1) is 0 Å². The van der Waals surface area contributed by atoms with E-state index in [1.54, 1.807) is 39.2 Å². The lowest BCUT2D eigenvalue weighted by Gasteiger charge is -2.09. The summed E-state index contributed by atoms with van der Waals surface area (Å²) in [5, 5.41) is 3.90. The third-order valence-electron chi connectivity index (χ3n) is 3.28. The van der Waals surface area contributed by atoms with Crippen LogP contribution in [0.4, 0.5) is 0 Å². The molecule has 24 heavy (non-hydrogen) atoms. The molecule has 1 unspecified atom stereocenters. The first-order valence-electron chi connectivity index (χ1n) is 7.46. The number of benzene rings is 1. The smallest absolute Gasteiger partial charge is 0.244 e. The standard InChI is InChI=1S/C15H21N3O5S/c1-5-8-24(19,20)18-10(2)15-16-14(17-23-15)11-6-7-12(21-3)13(9-11)22-4/h6-7,9-10,18H,5,8H2,1-4H3. The summed E-state index contributed by atoms with van der Waals surface area (Å²) >= 11 is 0. The average Bonchev–Trinajstić information content (AvgIpc) is 3.03. The van der Waals surface area contributed by atoms with Gasteiger partial charge < -0.3 is 14.0 Å². The van der Waals surface area contributed by atoms with E-state index in [9.17, 15) is 8.42 Å². The maximum absolute atomic E-state index is 11.8. The number of rotatable bonds is 8. The highest BCUT2D eigenvalue weighted by Crippen LogP contribution is 2.31. The van der Waals surface area contributed by atoms with Gasteiger partial charge >= 0.3 is 0 Å². The molecule has 1 N–H and O–H groups in total. The highest BCUT2D eigenvalue weighted by molar-refractivity contribution is 7.89. The molecule has 2 aromatic rings. The molecule has 1 aromatic carbocycles. The Labute approximate surface area is 141 Å². The number of hydrogen-bond acceptors (Lipinski definition) is 7. The van der Waals surface area contributed by atoms with Crippen molar-refractivity contribution in [2.24, 2.45) is 0 Å². The van der Waals surface area contributed by atoms with Gasteiger partial charge in [-0.1, -0.05) is 12.1 Å². The Hall–Kier alpha value is -2.13. The van der Waals surface area contributed by atoms with Crippen LogP contribution >= 0.6 is 0 Å². The molecule has 0 spiro atoms. The van der Waals surface area contributed by atoms with Crippen LogP contribution in [0.1, 0.15) is 32.2 Å². The van der Waals surface area contributed by atoms with Crippen molar-refractivity contribution in [3.8, 4) is 22.9 Å². The summed E-state index contributed by atoms with van der Waals surface area (Å²) in [6.45, 7) is 3.45. The molecule has 0 fully saturated rings. The van der Waals surface area contributed by atoms with Gasteiger partial charge in [0, 0.05) is 5.56 Å². The average molecular weight is 355 g/mol. The van der Waals surface area contributed by atoms with Crippen molar-refractivity contribution in [2.45, 2.75) is 26.3 Å². The van der Waals surface area contributed by atoms with Gasteiger partial charge in [-0.05, 0) is 31.5 Å². The van der Waals surface area contributed by atoms with Crippen LogP contribution in [-0.4, -0.2) is 38.5 Å². The lowest BCUT2D eigenvalue weighted by molar-refractivity contribution is 0.353. The number of sulfonamides is 1. The lowest BCUT2D eigenvalue weighted by Crippen LogP contribution is -2.29. The molecule has 0 aliphatic carbocycles. The van der Waals surface area contributed by atoms with Gasteiger partial charge in [-0.3, -0.25) is 0 Å². The topological polar surface area (TPSA) is 104 Å². The summed E-state index contributed by atoms with van der Waals surface area (Å²) in [4.78, 5) is 4.25. The van der Waals surface area contributed by atoms with Gasteiger partial charge in [-0.2, -0.15) is 4.98 Å². The van der Waals surface area contributed by atoms with Crippen molar-refractivity contribution >= 4 is 10.0 Å². The molecule has 0 aliphatic rings. The van der Waals surface area contributed by atoms with Crippen molar-refractivity contribution in [1.82, 2.24) is 14.9 Å². The molecule has 0 radical (unpaired) electrons. The van der Waals surface area contributed by atoms with Crippen molar-refractivity contribution < 1.29 is 22.4 Å². The largest absolute Gasteiger partial charge is 0.493 e. The van der Waals surface area contributed by atoms with Crippen LogP contribution < -0.4 is 14.2 Å². The third kappa shape index (κ3) is 4.24. The first-order chi connectivity index (χ1) is 11.4. The van der Waals surface area contributed by atoms with E-state index in [2.05, 4.69) is 14.9 Å². The molecule has 0 bridgehead atoms. The Balaban J connectivity index is 2.21. The Morgan fingerprint density at radius 2 is 1.96 bits per heavy atom. The highest BCUT2D eigenvalue weighted by atomic mass is 32.2. The van der Waals surface area contributed by atoms with Crippen LogP contribution in [0.25, 0.3) is 11.4 Å². The Kier molecular flexibility index (Phi) is 5.79. The predicted octanol–water partition coefficient (Wildman–Crippen LogP) is 2.14. The zero-order chi connectivity index (χ0) is 17.7. The normalized spacial score (nSPS) is 12.8. The zero-order valence-corrected chi connectivity index (χ0v) is 14.9. The predicted molar refractivity (Wildman–Crippen MR) is 88.5 cm³/mol. The molecule has 0 saturated carbocycles. The fourth-order valence-corrected chi connectivity index (χ4v) is 3.45. The fourth-order valence-electron chi connectivity index (χ4n) is 2.15. The molecule has 1 atom stereocenters. The van der Waals surface area contributed by atoms with E-state index in [1.807, 2.05) is 0 Å². The summed E-state index contributed by atoms with van der Waals surface area (Å²) in [7, 11) is -0.283. The number of aromatic nitrogens is 2. The van der Waals surface area contributed by atoms with E-state index < -0.39 is 16.1 Å². The van der Waals surface area contributed by atoms with Crippen LogP contribution in [-0.2, 0) is 10.0 Å². The van der Waals surface area contributed by atoms with Crippen molar-refractivity contribution in [1.29, 1.82) is 0 Å². The maximum Gasteiger partial charge on any atom is 0.244 e. The van der Waals surface area contributed by atoms with Crippen LogP contribution in [0.2, 0.25) is 0 Å². The Morgan fingerprint density at radius 3 is 2.58 bits per heavy atom. The van der Waals surface area contributed by atoms with Crippen LogP contribution in [0.3, 0.4) is 0 Å². The second-order valence-corrected chi connectivity index (χ2v) is 7.06. The first-order valence-corrected chi connectivity index (χ1v) is 9.11. The van der Waals surface area contributed by atoms with Crippen molar-refractivity contribution in [2.75, 3.05) is 20.0 Å². The molecule has 0 aliphatic heterocycles. The number of hydrogen-bond donors (Lipinski definition) is 1. The van der Waals surface area contributed by atoms with Gasteiger partial charge in [0.25, 0.3) is 0 Å². The molecule has 0 saturated heterocycles. The van der Waals surface area contributed by atoms with Crippen LogP contribution in [0.15, 0.2) is 22.7 Å². The highest BCUT2D eigenvalue weighted by Gasteiger charge is 2.21. The van der Waals surface area contributed by atoms with Gasteiger partial charge in [0.15, 0.2) is 11.5 Å². The molecule has 9 heteroatoms. The van der Waals surface area contributed by atoms with E-state index in [0.717, 1.165) is 0 Å². The quantitative estimate of drug-likeness (QED) is 0.773. The molecule has 8 nitrogen and oxygen atoms in total. The van der Waals surface area contributed by atoms with E-state index >= 15 is 0 Å². The maximum atomic E-state index is 11.8. The molecule has 132 valence electrons. The third-order valence-corrected chi connectivity index (χ3v) is 4.94. The monoisotopic (exact) mass is 355 g/mol. The van der Waals surface area contributed by atoms with E-state index in [4.69, 9.17) is 14.0 Å². The molecule has 1 aromatic heterocycles. The van der Waals surface area contributed by atoms with E-state index in [-0.39, 0.29) is 11.6 Å². The first kappa shape index (κ1) is 18.2. The minimum Gasteiger partial charge on any atom is -0.493 e. The van der Waals surface area contributed by atoms with Crippen molar-refractivity contribution in [3.63, 3.8) is 0 Å². The number of nitrogens with one attached hydrogen (secondary N) is 1. The summed E-state index contributed by atoms with van der Waals surface area (Å²) in [6.07, 6.45) is 0.531. The van der Waals surface area contributed by atoms with Crippen LogP contribution in [0, 0.1) is 0 Å². The summed E-state index contributed by atoms with van der Waals surface area (Å²) in [5.74, 6) is 1.71. The zero-order valence-electron chi connectivity index (χ0n) is 14.1. The Morgan fingerprint density at radius 1 is 1.25 bits per heavy atom. The fraction of sp³-hybridized carbons (Fsp3) is 0.467. The number of nitrogens with zero attached hydrogens (tertiary/aromatic N) is 2. The molecular formula is C15H21N3O5S. The van der Waals surface area contributed by atoms with E-state index in [1.165, 1.54) is 7.11 Å². The SMILES string of the molecule is CCCS(=O)(=O)NC(C)c1nc(-c2ccc(OC)c(OC)c2)no1. The van der Waals surface area contributed by atoms with Crippen LogP contribution in [0.5, 0.6) is 11.5 Å². The second-order valence-electron chi connectivity index (χ2n) is 5.18. The minimum absolute atomic E-state index is 0.0496. The molecule has 2 rings (SSSR count). The van der Waals surface area contributed by atoms with Gasteiger partial charge in [0.1, 0.15) is 0 Å². The van der Waals surface area contributed by atoms with Gasteiger partial charge in [-0.25, -0.2) is 13.1 Å². The summed E-state index contributed by atoms with van der Waals surface area (Å²) in [5.41, 5.74) is 0.672. The van der Waals surface area contributed by atoms with Gasteiger partial charge in [0.05, 0.1) is 26.0 Å². The summed E-state index contributed by atoms with van der Waals surface area (Å²) in [6, 6.07) is 4.61. The molecule has 1 heterocycles. The van der Waals surface area contributed by atoms with E-state index in [0.29, 0.717) is 29.3 Å². The number of methoxy groups -OCH3 is 2. The number of ether oxygens (including phenoxy) is 2. The molecular weight excluding hydrogens is 334 g/mol. The molecule has 0 amide bonds.